The molecule has 0 saturated carbocycles. The van der Waals surface area contributed by atoms with Crippen LogP contribution in [0.1, 0.15) is 6.92 Å². The van der Waals surface area contributed by atoms with Gasteiger partial charge in [0.2, 0.25) is 5.91 Å². The maximum absolute atomic E-state index is 12.1. The fourth-order valence-corrected chi connectivity index (χ4v) is 2.03. The van der Waals surface area contributed by atoms with E-state index in [1.54, 1.807) is 12.1 Å². The molecule has 7 nitrogen and oxygen atoms in total. The largest absolute Gasteiger partial charge is 0.320 e. The van der Waals surface area contributed by atoms with Gasteiger partial charge in [-0.1, -0.05) is 30.3 Å². The second-order valence-electron chi connectivity index (χ2n) is 4.65. The van der Waals surface area contributed by atoms with Gasteiger partial charge in [-0.3, -0.25) is 14.7 Å². The highest BCUT2D eigenvalue weighted by Gasteiger charge is 2.10. The molecule has 3 aromatic rings. The van der Waals surface area contributed by atoms with Crippen LogP contribution in [-0.4, -0.2) is 25.9 Å². The van der Waals surface area contributed by atoms with Crippen molar-refractivity contribution < 1.29 is 4.79 Å². The molecule has 0 atom stereocenters. The molecule has 0 aliphatic carbocycles. The van der Waals surface area contributed by atoms with Crippen LogP contribution in [0.15, 0.2) is 53.5 Å². The molecule has 1 amide bonds. The summed E-state index contributed by atoms with van der Waals surface area (Å²) in [5, 5.41) is 13.4. The number of carbonyl (C=O) groups excluding carboxylic acids is 1. The number of rotatable bonds is 3. The van der Waals surface area contributed by atoms with Crippen molar-refractivity contribution in [3.8, 4) is 17.1 Å². The van der Waals surface area contributed by atoms with E-state index in [9.17, 15) is 9.59 Å². The number of carbonyl (C=O) groups is 1. The molecule has 2 aromatic heterocycles. The number of benzene rings is 1. The number of anilines is 1. The summed E-state index contributed by atoms with van der Waals surface area (Å²) < 4.78 is 1.22. The molecular formula is C15H13N5O2. The Morgan fingerprint density at radius 3 is 2.55 bits per heavy atom. The number of aromatic nitrogens is 4. The summed E-state index contributed by atoms with van der Waals surface area (Å²) in [4.78, 5) is 23.1. The lowest BCUT2D eigenvalue weighted by molar-refractivity contribution is -0.114. The number of nitrogens with one attached hydrogen (secondary N) is 2. The molecule has 0 spiro atoms. The van der Waals surface area contributed by atoms with Crippen LogP contribution in [0, 0.1) is 0 Å². The molecule has 0 bridgehead atoms. The van der Waals surface area contributed by atoms with E-state index in [1.807, 2.05) is 30.3 Å². The molecule has 0 unspecified atom stereocenters. The summed E-state index contributed by atoms with van der Waals surface area (Å²) in [7, 11) is 0. The first-order chi connectivity index (χ1) is 10.6. The summed E-state index contributed by atoms with van der Waals surface area (Å²) in [5.74, 6) is 0.0371. The van der Waals surface area contributed by atoms with Crippen molar-refractivity contribution >= 4 is 11.6 Å². The SMILES string of the molecule is CC(=O)Nc1c[nH]n(-c2ccc(-c3ccccc3)nn2)c1=O. The number of H-pyrrole nitrogens is 1. The van der Waals surface area contributed by atoms with Crippen molar-refractivity contribution in [2.45, 2.75) is 6.92 Å². The predicted octanol–water partition coefficient (Wildman–Crippen LogP) is 1.58. The molecule has 110 valence electrons. The van der Waals surface area contributed by atoms with Gasteiger partial charge in [-0.05, 0) is 12.1 Å². The van der Waals surface area contributed by atoms with E-state index in [2.05, 4.69) is 20.6 Å². The Bertz CT molecular complexity index is 850. The van der Waals surface area contributed by atoms with Gasteiger partial charge < -0.3 is 5.32 Å². The van der Waals surface area contributed by atoms with Crippen molar-refractivity contribution in [2.24, 2.45) is 0 Å². The zero-order chi connectivity index (χ0) is 15.5. The van der Waals surface area contributed by atoms with Crippen LogP contribution in [-0.2, 0) is 4.79 Å². The molecule has 1 aromatic carbocycles. The third kappa shape index (κ3) is 2.64. The van der Waals surface area contributed by atoms with Gasteiger partial charge >= 0.3 is 0 Å². The van der Waals surface area contributed by atoms with Gasteiger partial charge in [0.15, 0.2) is 5.82 Å². The quantitative estimate of drug-likeness (QED) is 0.767. The fraction of sp³-hybridized carbons (Fsp3) is 0.0667. The third-order valence-electron chi connectivity index (χ3n) is 3.03. The van der Waals surface area contributed by atoms with Crippen molar-refractivity contribution in [3.63, 3.8) is 0 Å². The molecular weight excluding hydrogens is 282 g/mol. The Hall–Kier alpha value is -3.22. The van der Waals surface area contributed by atoms with Crippen LogP contribution in [0.25, 0.3) is 17.1 Å². The number of nitrogens with zero attached hydrogens (tertiary/aromatic N) is 3. The number of amides is 1. The van der Waals surface area contributed by atoms with Crippen LogP contribution in [0.3, 0.4) is 0 Å². The van der Waals surface area contributed by atoms with Gasteiger partial charge in [0, 0.05) is 18.7 Å². The third-order valence-corrected chi connectivity index (χ3v) is 3.03. The first kappa shape index (κ1) is 13.7. The van der Waals surface area contributed by atoms with Gasteiger partial charge in [0.25, 0.3) is 5.56 Å². The molecule has 3 rings (SSSR count). The second-order valence-corrected chi connectivity index (χ2v) is 4.65. The minimum atomic E-state index is -0.392. The van der Waals surface area contributed by atoms with Crippen molar-refractivity contribution in [3.05, 3.63) is 59.0 Å². The summed E-state index contributed by atoms with van der Waals surface area (Å²) >= 11 is 0. The van der Waals surface area contributed by atoms with Crippen molar-refractivity contribution in [2.75, 3.05) is 5.32 Å². The van der Waals surface area contributed by atoms with E-state index >= 15 is 0 Å². The molecule has 2 heterocycles. The van der Waals surface area contributed by atoms with Crippen LogP contribution in [0.2, 0.25) is 0 Å². The van der Waals surface area contributed by atoms with Gasteiger partial charge in [-0.25, -0.2) is 0 Å². The lowest BCUT2D eigenvalue weighted by atomic mass is 10.1. The Kier molecular flexibility index (Phi) is 3.53. The Morgan fingerprint density at radius 2 is 1.91 bits per heavy atom. The summed E-state index contributed by atoms with van der Waals surface area (Å²) in [6, 6.07) is 13.1. The normalized spacial score (nSPS) is 10.4. The first-order valence-electron chi connectivity index (χ1n) is 6.62. The van der Waals surface area contributed by atoms with Crippen LogP contribution in [0.4, 0.5) is 5.69 Å². The highest BCUT2D eigenvalue weighted by molar-refractivity contribution is 5.88. The zero-order valence-corrected chi connectivity index (χ0v) is 11.8. The molecule has 22 heavy (non-hydrogen) atoms. The van der Waals surface area contributed by atoms with Gasteiger partial charge in [-0.15, -0.1) is 10.2 Å². The summed E-state index contributed by atoms with van der Waals surface area (Å²) in [6.45, 7) is 1.34. The topological polar surface area (TPSA) is 92.7 Å². The van der Waals surface area contributed by atoms with E-state index in [-0.39, 0.29) is 11.6 Å². The lowest BCUT2D eigenvalue weighted by Gasteiger charge is -2.02. The zero-order valence-electron chi connectivity index (χ0n) is 11.8. The molecule has 0 radical (unpaired) electrons. The number of hydrogen-bond donors (Lipinski definition) is 2. The smallest absolute Gasteiger partial charge is 0.296 e. The molecule has 0 aliphatic heterocycles. The van der Waals surface area contributed by atoms with E-state index < -0.39 is 5.56 Å². The standard InChI is InChI=1S/C15H13N5O2/c1-10(21)17-13-9-16-20(15(13)22)14-8-7-12(18-19-14)11-5-3-2-4-6-11/h2-9,16H,1H3,(H,17,21). The van der Waals surface area contributed by atoms with E-state index in [1.165, 1.54) is 17.8 Å². The maximum atomic E-state index is 12.1. The molecule has 0 aliphatic rings. The van der Waals surface area contributed by atoms with Gasteiger partial charge in [0.1, 0.15) is 5.69 Å². The van der Waals surface area contributed by atoms with Crippen LogP contribution >= 0.6 is 0 Å². The first-order valence-corrected chi connectivity index (χ1v) is 6.62. The molecule has 2 N–H and O–H groups in total. The average Bonchev–Trinajstić information content (AvgIpc) is 2.89. The highest BCUT2D eigenvalue weighted by Crippen LogP contribution is 2.15. The van der Waals surface area contributed by atoms with Crippen LogP contribution in [0.5, 0.6) is 0 Å². The second kappa shape index (κ2) is 5.65. The lowest BCUT2D eigenvalue weighted by Crippen LogP contribution is -2.20. The van der Waals surface area contributed by atoms with Crippen molar-refractivity contribution in [1.29, 1.82) is 0 Å². The maximum Gasteiger partial charge on any atom is 0.296 e. The molecule has 0 saturated heterocycles. The van der Waals surface area contributed by atoms with E-state index in [0.717, 1.165) is 5.56 Å². The number of hydrogen-bond acceptors (Lipinski definition) is 4. The van der Waals surface area contributed by atoms with E-state index in [0.29, 0.717) is 11.5 Å². The van der Waals surface area contributed by atoms with Gasteiger partial charge in [-0.2, -0.15) is 4.68 Å². The van der Waals surface area contributed by atoms with Crippen LogP contribution < -0.4 is 10.9 Å². The minimum absolute atomic E-state index is 0.168. The predicted molar refractivity (Wildman–Crippen MR) is 81.7 cm³/mol. The van der Waals surface area contributed by atoms with E-state index in [4.69, 9.17) is 0 Å². The monoisotopic (exact) mass is 295 g/mol. The summed E-state index contributed by atoms with van der Waals surface area (Å²) in [5.41, 5.74) is 1.43. The average molecular weight is 295 g/mol. The van der Waals surface area contributed by atoms with Gasteiger partial charge in [0.05, 0.1) is 5.69 Å². The highest BCUT2D eigenvalue weighted by atomic mass is 16.2. The molecule has 7 heteroatoms. The van der Waals surface area contributed by atoms with Crippen molar-refractivity contribution in [1.82, 2.24) is 20.0 Å². The minimum Gasteiger partial charge on any atom is -0.320 e. The Balaban J connectivity index is 1.92. The fourth-order valence-electron chi connectivity index (χ4n) is 2.03. The summed E-state index contributed by atoms with van der Waals surface area (Å²) in [6.07, 6.45) is 1.41. The Morgan fingerprint density at radius 1 is 1.14 bits per heavy atom. The Labute approximate surface area is 125 Å². The number of aromatic amines is 1. The molecule has 0 fully saturated rings.